The zero-order valence-electron chi connectivity index (χ0n) is 53.3. The SMILES string of the molecule is CC/C=C\C/C=C\C/C=C\C/C=C\C/C=C\C/C=C\CCCCCCCCC(=O)OCC(COC(=O)CCCCCCCCCCCCCCCCCCCC)OC(=O)CCCCCCCCCCCCCCCCCCCCC. The zero-order valence-corrected chi connectivity index (χ0v) is 53.3. The molecule has 1 atom stereocenters. The van der Waals surface area contributed by atoms with E-state index in [1.54, 1.807) is 0 Å². The highest BCUT2D eigenvalue weighted by Gasteiger charge is 2.19. The average molecular weight is 1120 g/mol. The van der Waals surface area contributed by atoms with Crippen LogP contribution in [0.4, 0.5) is 0 Å². The highest BCUT2D eigenvalue weighted by atomic mass is 16.6. The molecule has 0 amide bonds. The van der Waals surface area contributed by atoms with Gasteiger partial charge in [0.25, 0.3) is 0 Å². The Labute approximate surface area is 497 Å². The van der Waals surface area contributed by atoms with Gasteiger partial charge in [-0.05, 0) is 70.6 Å². The summed E-state index contributed by atoms with van der Waals surface area (Å²) in [6.07, 6.45) is 89.1. The lowest BCUT2D eigenvalue weighted by Crippen LogP contribution is -2.30. The second kappa shape index (κ2) is 68.3. The predicted molar refractivity (Wildman–Crippen MR) is 348 cm³/mol. The maximum atomic E-state index is 13.0. The molecule has 0 fully saturated rings. The topological polar surface area (TPSA) is 78.9 Å². The molecule has 80 heavy (non-hydrogen) atoms. The molecule has 0 rings (SSSR count). The van der Waals surface area contributed by atoms with E-state index >= 15 is 0 Å². The molecule has 6 nitrogen and oxygen atoms in total. The zero-order chi connectivity index (χ0) is 57.8. The largest absolute Gasteiger partial charge is 0.462 e. The highest BCUT2D eigenvalue weighted by Crippen LogP contribution is 2.18. The van der Waals surface area contributed by atoms with Crippen molar-refractivity contribution in [2.24, 2.45) is 0 Å². The monoisotopic (exact) mass is 1120 g/mol. The maximum absolute atomic E-state index is 13.0. The molecule has 464 valence electrons. The van der Waals surface area contributed by atoms with E-state index in [0.717, 1.165) is 103 Å². The van der Waals surface area contributed by atoms with Crippen LogP contribution >= 0.6 is 0 Å². The van der Waals surface area contributed by atoms with E-state index in [0.29, 0.717) is 19.3 Å². The molecule has 0 radical (unpaired) electrons. The van der Waals surface area contributed by atoms with Gasteiger partial charge in [0, 0.05) is 19.3 Å². The Bertz CT molecular complexity index is 1470. The van der Waals surface area contributed by atoms with Crippen molar-refractivity contribution in [2.75, 3.05) is 13.2 Å². The van der Waals surface area contributed by atoms with Crippen molar-refractivity contribution in [3.63, 3.8) is 0 Å². The quantitative estimate of drug-likeness (QED) is 0.0261. The summed E-state index contributed by atoms with van der Waals surface area (Å²) in [6.45, 7) is 6.58. The van der Waals surface area contributed by atoms with Gasteiger partial charge >= 0.3 is 17.9 Å². The van der Waals surface area contributed by atoms with Gasteiger partial charge in [-0.1, -0.05) is 344 Å². The minimum absolute atomic E-state index is 0.0747. The van der Waals surface area contributed by atoms with Crippen molar-refractivity contribution >= 4 is 17.9 Å². The molecule has 0 aliphatic carbocycles. The Morgan fingerprint density at radius 2 is 0.487 bits per heavy atom. The van der Waals surface area contributed by atoms with Crippen molar-refractivity contribution in [3.05, 3.63) is 72.9 Å². The summed E-state index contributed by atoms with van der Waals surface area (Å²) in [5.41, 5.74) is 0. The Morgan fingerprint density at radius 1 is 0.263 bits per heavy atom. The third-order valence-electron chi connectivity index (χ3n) is 15.5. The number of hydrogen-bond donors (Lipinski definition) is 0. The lowest BCUT2D eigenvalue weighted by molar-refractivity contribution is -0.167. The summed E-state index contributed by atoms with van der Waals surface area (Å²) in [6, 6.07) is 0. The molecule has 0 bridgehead atoms. The molecule has 0 saturated carbocycles. The van der Waals surface area contributed by atoms with Crippen LogP contribution in [0.3, 0.4) is 0 Å². The van der Waals surface area contributed by atoms with E-state index in [2.05, 4.69) is 93.7 Å². The van der Waals surface area contributed by atoms with Gasteiger partial charge in [-0.15, -0.1) is 0 Å². The molecule has 0 aromatic heterocycles. The minimum atomic E-state index is -0.780. The van der Waals surface area contributed by atoms with Crippen LogP contribution in [0.2, 0.25) is 0 Å². The second-order valence-electron chi connectivity index (χ2n) is 23.4. The van der Waals surface area contributed by atoms with Gasteiger partial charge in [-0.25, -0.2) is 0 Å². The van der Waals surface area contributed by atoms with Gasteiger partial charge in [0.15, 0.2) is 6.10 Å². The Balaban J connectivity index is 4.36. The van der Waals surface area contributed by atoms with Crippen LogP contribution < -0.4 is 0 Å². The number of esters is 3. The van der Waals surface area contributed by atoms with Crippen molar-refractivity contribution < 1.29 is 28.6 Å². The lowest BCUT2D eigenvalue weighted by Gasteiger charge is -2.18. The summed E-state index contributed by atoms with van der Waals surface area (Å²) in [4.78, 5) is 38.5. The summed E-state index contributed by atoms with van der Waals surface area (Å²) >= 11 is 0. The van der Waals surface area contributed by atoms with E-state index in [1.807, 2.05) is 0 Å². The first-order valence-corrected chi connectivity index (χ1v) is 34.9. The van der Waals surface area contributed by atoms with Gasteiger partial charge in [-0.3, -0.25) is 14.4 Å². The molecule has 0 aromatic carbocycles. The van der Waals surface area contributed by atoms with Crippen molar-refractivity contribution in [2.45, 2.75) is 367 Å². The third-order valence-corrected chi connectivity index (χ3v) is 15.5. The minimum Gasteiger partial charge on any atom is -0.462 e. The molecular formula is C74H132O6. The number of unbranched alkanes of at least 4 members (excludes halogenated alkanes) is 41. The van der Waals surface area contributed by atoms with E-state index in [4.69, 9.17) is 14.2 Å². The van der Waals surface area contributed by atoms with Crippen molar-refractivity contribution in [3.8, 4) is 0 Å². The van der Waals surface area contributed by atoms with Gasteiger partial charge in [-0.2, -0.15) is 0 Å². The number of allylic oxidation sites excluding steroid dienone is 12. The van der Waals surface area contributed by atoms with Crippen molar-refractivity contribution in [1.29, 1.82) is 0 Å². The third kappa shape index (κ3) is 65.7. The first kappa shape index (κ1) is 76.9. The Morgan fingerprint density at radius 3 is 0.762 bits per heavy atom. The summed E-state index contributed by atoms with van der Waals surface area (Å²) < 4.78 is 17.0. The molecule has 0 aliphatic heterocycles. The molecule has 0 aliphatic rings. The van der Waals surface area contributed by atoms with Gasteiger partial charge < -0.3 is 14.2 Å². The van der Waals surface area contributed by atoms with Crippen LogP contribution in [0.1, 0.15) is 361 Å². The second-order valence-corrected chi connectivity index (χ2v) is 23.4. The molecule has 0 N–H and O–H groups in total. The van der Waals surface area contributed by atoms with Gasteiger partial charge in [0.05, 0.1) is 0 Å². The molecule has 1 unspecified atom stereocenters. The van der Waals surface area contributed by atoms with Crippen LogP contribution in [-0.4, -0.2) is 37.2 Å². The van der Waals surface area contributed by atoms with Crippen LogP contribution in [0, 0.1) is 0 Å². The molecule has 0 spiro atoms. The van der Waals surface area contributed by atoms with Crippen LogP contribution in [0.25, 0.3) is 0 Å². The standard InChI is InChI=1S/C74H132O6/c1-4-7-10-13-16-19-22-25-28-31-34-35-36-37-38-39-41-43-46-49-52-55-58-61-64-67-73(76)79-70-71(69-78-72(75)66-63-60-57-54-51-48-45-42-33-30-27-24-21-18-15-12-9-6-3)80-74(77)68-65-62-59-56-53-50-47-44-40-32-29-26-23-20-17-14-11-8-5-2/h7,10,16,19,25,28,34-35,37-38,41,43,71H,4-6,8-9,11-15,17-18,20-24,26-27,29-33,36,39-40,42,44-70H2,1-3H3/b10-7-,19-16-,28-25-,35-34-,38-37-,43-41-. The van der Waals surface area contributed by atoms with Gasteiger partial charge in [0.2, 0.25) is 0 Å². The van der Waals surface area contributed by atoms with Gasteiger partial charge in [0.1, 0.15) is 13.2 Å². The van der Waals surface area contributed by atoms with E-state index in [9.17, 15) is 14.4 Å². The first-order chi connectivity index (χ1) is 39.5. The number of rotatable bonds is 64. The number of ether oxygens (including phenoxy) is 3. The summed E-state index contributed by atoms with van der Waals surface area (Å²) in [5, 5.41) is 0. The maximum Gasteiger partial charge on any atom is 0.306 e. The van der Waals surface area contributed by atoms with E-state index in [-0.39, 0.29) is 31.1 Å². The fraction of sp³-hybridized carbons (Fsp3) is 0.797. The summed E-state index contributed by atoms with van der Waals surface area (Å²) in [5.74, 6) is -0.865. The fourth-order valence-electron chi connectivity index (χ4n) is 10.3. The first-order valence-electron chi connectivity index (χ1n) is 34.9. The number of carbonyl (C=O) groups excluding carboxylic acids is 3. The predicted octanol–water partition coefficient (Wildman–Crippen LogP) is 24.1. The average Bonchev–Trinajstić information content (AvgIpc) is 3.46. The fourth-order valence-corrected chi connectivity index (χ4v) is 10.3. The van der Waals surface area contributed by atoms with E-state index in [1.165, 1.54) is 218 Å². The molecule has 6 heteroatoms. The van der Waals surface area contributed by atoms with Crippen LogP contribution in [-0.2, 0) is 28.6 Å². The van der Waals surface area contributed by atoms with Crippen molar-refractivity contribution in [1.82, 2.24) is 0 Å². The lowest BCUT2D eigenvalue weighted by atomic mass is 10.0. The normalized spacial score (nSPS) is 12.5. The molecule has 0 aromatic rings. The van der Waals surface area contributed by atoms with Crippen LogP contribution in [0.5, 0.6) is 0 Å². The van der Waals surface area contributed by atoms with Crippen LogP contribution in [0.15, 0.2) is 72.9 Å². The molecule has 0 heterocycles. The Kier molecular flexibility index (Phi) is 65.7. The smallest absolute Gasteiger partial charge is 0.306 e. The Hall–Kier alpha value is -3.15. The molecular weight excluding hydrogens is 985 g/mol. The summed E-state index contributed by atoms with van der Waals surface area (Å²) in [7, 11) is 0. The number of carbonyl (C=O) groups is 3. The number of hydrogen-bond acceptors (Lipinski definition) is 6. The van der Waals surface area contributed by atoms with E-state index < -0.39 is 6.10 Å². The highest BCUT2D eigenvalue weighted by molar-refractivity contribution is 5.71. The molecule has 0 saturated heterocycles.